The number of nitrogens with zero attached hydrogens (tertiary/aromatic N) is 4. The lowest BCUT2D eigenvalue weighted by Crippen LogP contribution is -2.48. The second-order valence-corrected chi connectivity index (χ2v) is 9.49. The largest absolute Gasteiger partial charge is 0.489 e. The first-order valence-electron chi connectivity index (χ1n) is 13.1. The molecule has 0 aliphatic carbocycles. The van der Waals surface area contributed by atoms with Crippen LogP contribution >= 0.6 is 0 Å². The van der Waals surface area contributed by atoms with E-state index in [1.165, 1.54) is 0 Å². The normalized spacial score (nSPS) is 19.4. The number of nitrogens with two attached hydrogens (primary N) is 1. The van der Waals surface area contributed by atoms with Gasteiger partial charge in [-0.05, 0) is 50.1 Å². The molecule has 1 saturated heterocycles. The van der Waals surface area contributed by atoms with E-state index in [0.29, 0.717) is 24.4 Å². The highest BCUT2D eigenvalue weighted by Gasteiger charge is 2.34. The number of para-hydroxylation sites is 2. The van der Waals surface area contributed by atoms with Crippen molar-refractivity contribution in [3.63, 3.8) is 0 Å². The predicted octanol–water partition coefficient (Wildman–Crippen LogP) is 3.94. The summed E-state index contributed by atoms with van der Waals surface area (Å²) in [7, 11) is 0. The first-order chi connectivity index (χ1) is 17.5. The fourth-order valence-electron chi connectivity index (χ4n) is 4.95. The van der Waals surface area contributed by atoms with Gasteiger partial charge >= 0.3 is 0 Å². The van der Waals surface area contributed by atoms with Crippen molar-refractivity contribution in [3.8, 4) is 5.75 Å². The van der Waals surface area contributed by atoms with E-state index in [1.807, 2.05) is 44.2 Å². The highest BCUT2D eigenvalue weighted by atomic mass is 16.6. The highest BCUT2D eigenvalue weighted by Crippen LogP contribution is 2.32. The number of rotatable bonds is 6. The number of nitrogen functional groups attached to an aromatic ring is 1. The molecular weight excluding hydrogens is 454 g/mol. The van der Waals surface area contributed by atoms with Gasteiger partial charge in [0.15, 0.2) is 0 Å². The molecule has 2 aromatic carbocycles. The fraction of sp³-hybridized carbons (Fsp3) is 0.500. The van der Waals surface area contributed by atoms with Crippen molar-refractivity contribution in [1.82, 2.24) is 4.90 Å². The minimum absolute atomic E-state index is 0.0709. The molecule has 8 heteroatoms. The van der Waals surface area contributed by atoms with Crippen molar-refractivity contribution in [2.45, 2.75) is 52.7 Å². The number of ether oxygens (including phenoxy) is 1. The summed E-state index contributed by atoms with van der Waals surface area (Å²) in [5.41, 5.74) is 10.3. The van der Waals surface area contributed by atoms with Crippen LogP contribution in [0.3, 0.4) is 0 Å². The van der Waals surface area contributed by atoms with E-state index in [9.17, 15) is 4.79 Å². The molecule has 1 fully saturated rings. The summed E-state index contributed by atoms with van der Waals surface area (Å²) in [6.45, 7) is 13.2. The number of hydrogen-bond acceptors (Lipinski definition) is 7. The smallest absolute Gasteiger partial charge is 0.276 e. The molecular formula is C28H39N5O3. The van der Waals surface area contributed by atoms with Crippen molar-refractivity contribution in [1.29, 1.82) is 0 Å². The van der Waals surface area contributed by atoms with E-state index in [1.54, 1.807) is 4.90 Å². The minimum Gasteiger partial charge on any atom is -0.489 e. The number of carbonyl (C=O) groups is 1. The molecule has 3 aliphatic heterocycles. The Morgan fingerprint density at radius 3 is 2.58 bits per heavy atom. The molecule has 0 spiro atoms. The SMILES string of the molecule is CC.CC(C)Oc1ccccc1N1CCN(CC2CC(C(=O)N3CCc4ccc(N)cc43)=NO2)CC1. The van der Waals surface area contributed by atoms with E-state index in [4.69, 9.17) is 15.3 Å². The van der Waals surface area contributed by atoms with E-state index in [-0.39, 0.29) is 18.1 Å². The maximum Gasteiger partial charge on any atom is 0.276 e. The van der Waals surface area contributed by atoms with Gasteiger partial charge in [-0.2, -0.15) is 0 Å². The van der Waals surface area contributed by atoms with Crippen LogP contribution in [0.5, 0.6) is 5.75 Å². The van der Waals surface area contributed by atoms with Gasteiger partial charge in [0.1, 0.15) is 17.6 Å². The zero-order valence-corrected chi connectivity index (χ0v) is 21.9. The zero-order valence-electron chi connectivity index (χ0n) is 21.9. The van der Waals surface area contributed by atoms with Crippen molar-refractivity contribution < 1.29 is 14.4 Å². The highest BCUT2D eigenvalue weighted by molar-refractivity contribution is 6.44. The van der Waals surface area contributed by atoms with Crippen LogP contribution in [0.2, 0.25) is 0 Å². The average Bonchev–Trinajstić information content (AvgIpc) is 3.52. The Morgan fingerprint density at radius 1 is 1.08 bits per heavy atom. The second kappa shape index (κ2) is 11.6. The van der Waals surface area contributed by atoms with Crippen molar-refractivity contribution >= 4 is 28.7 Å². The summed E-state index contributed by atoms with van der Waals surface area (Å²) in [6.07, 6.45) is 1.43. The summed E-state index contributed by atoms with van der Waals surface area (Å²) in [5.74, 6) is 0.866. The molecule has 0 bridgehead atoms. The van der Waals surface area contributed by atoms with Crippen LogP contribution in [0.15, 0.2) is 47.6 Å². The molecule has 1 atom stereocenters. The van der Waals surface area contributed by atoms with Crippen LogP contribution in [-0.2, 0) is 16.1 Å². The van der Waals surface area contributed by atoms with Crippen LogP contribution in [0, 0.1) is 0 Å². The van der Waals surface area contributed by atoms with Crippen molar-refractivity contribution in [3.05, 3.63) is 48.0 Å². The van der Waals surface area contributed by atoms with E-state index >= 15 is 0 Å². The number of carbonyl (C=O) groups excluding carboxylic acids is 1. The van der Waals surface area contributed by atoms with Gasteiger partial charge in [-0.25, -0.2) is 0 Å². The zero-order chi connectivity index (χ0) is 25.7. The number of fused-ring (bicyclic) bond motifs is 1. The van der Waals surface area contributed by atoms with Crippen LogP contribution in [0.25, 0.3) is 0 Å². The second-order valence-electron chi connectivity index (χ2n) is 9.49. The van der Waals surface area contributed by atoms with Crippen LogP contribution in [0.1, 0.15) is 39.7 Å². The molecule has 3 heterocycles. The Hall–Kier alpha value is -3.26. The van der Waals surface area contributed by atoms with Crippen LogP contribution in [0.4, 0.5) is 17.1 Å². The Balaban J connectivity index is 0.00000148. The predicted molar refractivity (Wildman–Crippen MR) is 146 cm³/mol. The maximum absolute atomic E-state index is 13.1. The molecule has 2 N–H and O–H groups in total. The van der Waals surface area contributed by atoms with Gasteiger partial charge in [-0.1, -0.05) is 37.2 Å². The summed E-state index contributed by atoms with van der Waals surface area (Å²) in [6, 6.07) is 14.0. The number of benzene rings is 2. The molecule has 8 nitrogen and oxygen atoms in total. The number of anilines is 3. The first kappa shape index (κ1) is 25.8. The fourth-order valence-corrected chi connectivity index (χ4v) is 4.95. The van der Waals surface area contributed by atoms with E-state index in [2.05, 4.69) is 40.9 Å². The molecule has 0 radical (unpaired) electrons. The van der Waals surface area contributed by atoms with Crippen LogP contribution in [-0.4, -0.2) is 68.0 Å². The molecule has 36 heavy (non-hydrogen) atoms. The number of hydrogen-bond donors (Lipinski definition) is 1. The van der Waals surface area contributed by atoms with Crippen LogP contribution < -0.4 is 20.3 Å². The van der Waals surface area contributed by atoms with Gasteiger partial charge < -0.3 is 25.1 Å². The van der Waals surface area contributed by atoms with Gasteiger partial charge in [0, 0.05) is 57.1 Å². The molecule has 194 valence electrons. The third-order valence-corrected chi connectivity index (χ3v) is 6.63. The monoisotopic (exact) mass is 493 g/mol. The number of amides is 1. The summed E-state index contributed by atoms with van der Waals surface area (Å²) in [4.78, 5) is 25.3. The number of piperazine rings is 1. The molecule has 0 saturated carbocycles. The lowest BCUT2D eigenvalue weighted by Gasteiger charge is -2.37. The van der Waals surface area contributed by atoms with Crippen molar-refractivity contribution in [2.24, 2.45) is 5.16 Å². The maximum atomic E-state index is 13.1. The minimum atomic E-state index is -0.0926. The molecule has 5 rings (SSSR count). The Labute approximate surface area is 214 Å². The lowest BCUT2D eigenvalue weighted by atomic mass is 10.1. The van der Waals surface area contributed by atoms with Gasteiger partial charge in [0.2, 0.25) is 0 Å². The molecule has 1 amide bonds. The standard InChI is InChI=1S/C26H33N5O3.C2H6/c1-18(2)33-25-6-4-3-5-23(25)30-13-11-29(12-14-30)17-21-16-22(28-34-21)26(32)31-10-9-19-7-8-20(27)15-24(19)31;1-2/h3-8,15,18,21H,9-14,16-17,27H2,1-2H3;1-2H3. The number of oxime groups is 1. The molecule has 2 aromatic rings. The Morgan fingerprint density at radius 2 is 1.83 bits per heavy atom. The molecule has 0 aromatic heterocycles. The Bertz CT molecular complexity index is 1080. The average molecular weight is 494 g/mol. The quantitative estimate of drug-likeness (QED) is 0.614. The topological polar surface area (TPSA) is 83.6 Å². The molecule has 3 aliphatic rings. The Kier molecular flexibility index (Phi) is 8.36. The molecule has 1 unspecified atom stereocenters. The van der Waals surface area contributed by atoms with Crippen molar-refractivity contribution in [2.75, 3.05) is 54.8 Å². The lowest BCUT2D eigenvalue weighted by molar-refractivity contribution is -0.112. The van der Waals surface area contributed by atoms with Gasteiger partial charge in [-0.3, -0.25) is 9.69 Å². The summed E-state index contributed by atoms with van der Waals surface area (Å²) >= 11 is 0. The van der Waals surface area contributed by atoms with E-state index < -0.39 is 0 Å². The van der Waals surface area contributed by atoms with Gasteiger partial charge in [0.25, 0.3) is 5.91 Å². The third kappa shape index (κ3) is 5.75. The van der Waals surface area contributed by atoms with Gasteiger partial charge in [0.05, 0.1) is 11.8 Å². The van der Waals surface area contributed by atoms with Gasteiger partial charge in [-0.15, -0.1) is 0 Å². The summed E-state index contributed by atoms with van der Waals surface area (Å²) < 4.78 is 6.00. The summed E-state index contributed by atoms with van der Waals surface area (Å²) in [5, 5.41) is 4.16. The first-order valence-corrected chi connectivity index (χ1v) is 13.1. The third-order valence-electron chi connectivity index (χ3n) is 6.63. The van der Waals surface area contributed by atoms with E-state index in [0.717, 1.165) is 61.8 Å².